The van der Waals surface area contributed by atoms with Gasteiger partial charge in [0.25, 0.3) is 0 Å². The fraction of sp³-hybridized carbons (Fsp3) is 0.385. The molecule has 1 aromatic carbocycles. The Morgan fingerprint density at radius 1 is 1.57 bits per heavy atom. The molecule has 0 aromatic heterocycles. The van der Waals surface area contributed by atoms with Crippen LogP contribution in [-0.4, -0.2) is 34.2 Å². The molecule has 0 saturated carbocycles. The molecular weight excluding hydrogens is 275 g/mol. The second-order valence-corrected chi connectivity index (χ2v) is 4.75. The van der Waals surface area contributed by atoms with Crippen LogP contribution in [0.5, 0.6) is 5.75 Å². The molecule has 4 N–H and O–H groups in total. The second kappa shape index (κ2) is 6.58. The number of carbonyl (C=O) groups excluding carboxylic acids is 1. The molecule has 1 amide bonds. The predicted octanol–water partition coefficient (Wildman–Crippen LogP) is -0.587. The Balaban J connectivity index is 2.12. The first kappa shape index (κ1) is 15.3. The highest BCUT2D eigenvalue weighted by molar-refractivity contribution is 6.46. The number of rotatable bonds is 4. The van der Waals surface area contributed by atoms with Crippen LogP contribution in [0.15, 0.2) is 18.2 Å². The number of nitriles is 1. The molecule has 0 unspecified atom stereocenters. The summed E-state index contributed by atoms with van der Waals surface area (Å²) in [6, 6.07) is 6.73. The minimum absolute atomic E-state index is 0.0575. The zero-order chi connectivity index (χ0) is 15.4. The number of carbonyl (C=O) groups is 1. The molecule has 1 atom stereocenters. The van der Waals surface area contributed by atoms with Gasteiger partial charge in [-0.25, -0.2) is 0 Å². The Bertz CT molecular complexity index is 572. The molecule has 110 valence electrons. The van der Waals surface area contributed by atoms with Crippen molar-refractivity contribution in [1.82, 2.24) is 5.32 Å². The molecule has 0 fully saturated rings. The van der Waals surface area contributed by atoms with E-state index in [1.54, 1.807) is 12.1 Å². The number of nitrogens with one attached hydrogen (secondary N) is 1. The summed E-state index contributed by atoms with van der Waals surface area (Å²) < 4.78 is 5.30. The largest absolute Gasteiger partial charge is 0.547 e. The molecular formula is C13H15BN2O5. The highest BCUT2D eigenvalue weighted by Crippen LogP contribution is 2.32. The van der Waals surface area contributed by atoms with Gasteiger partial charge in [-0.3, -0.25) is 4.79 Å². The maximum absolute atomic E-state index is 11.6. The van der Waals surface area contributed by atoms with Gasteiger partial charge in [0, 0.05) is 18.4 Å². The number of amides is 1. The van der Waals surface area contributed by atoms with E-state index in [1.165, 1.54) is 6.07 Å². The predicted molar refractivity (Wildman–Crippen MR) is 72.7 cm³/mol. The number of fused-ring (bicyclic) bond motifs is 1. The Kier molecular flexibility index (Phi) is 4.80. The highest BCUT2D eigenvalue weighted by Gasteiger charge is 2.37. The van der Waals surface area contributed by atoms with E-state index in [0.29, 0.717) is 12.0 Å². The monoisotopic (exact) mass is 290 g/mol. The molecule has 21 heavy (non-hydrogen) atoms. The molecule has 1 heterocycles. The first-order valence-corrected chi connectivity index (χ1v) is 6.52. The first-order chi connectivity index (χ1) is 10.0. The summed E-state index contributed by atoms with van der Waals surface area (Å²) in [5.74, 6) is -0.761. The Labute approximate surface area is 121 Å². The van der Waals surface area contributed by atoms with Crippen LogP contribution in [0.1, 0.15) is 30.3 Å². The minimum atomic E-state index is -1.70. The van der Waals surface area contributed by atoms with Crippen LogP contribution < -0.4 is 9.97 Å². The SMILES string of the molecule is N#CCCC(=O)N[C@H]1Cc2cccc(C(O)O)c2OB1O. The van der Waals surface area contributed by atoms with E-state index < -0.39 is 19.3 Å². The lowest BCUT2D eigenvalue weighted by Gasteiger charge is -2.29. The molecule has 8 heteroatoms. The summed E-state index contributed by atoms with van der Waals surface area (Å²) in [4.78, 5) is 11.6. The Morgan fingerprint density at radius 3 is 3.00 bits per heavy atom. The molecule has 0 saturated heterocycles. The summed E-state index contributed by atoms with van der Waals surface area (Å²) >= 11 is 0. The molecule has 0 radical (unpaired) electrons. The van der Waals surface area contributed by atoms with Crippen molar-refractivity contribution in [2.24, 2.45) is 0 Å². The fourth-order valence-corrected chi connectivity index (χ4v) is 2.22. The zero-order valence-corrected chi connectivity index (χ0v) is 11.2. The quantitative estimate of drug-likeness (QED) is 0.434. The third-order valence-electron chi connectivity index (χ3n) is 3.24. The van der Waals surface area contributed by atoms with Crippen LogP contribution in [0.2, 0.25) is 0 Å². The number of hydrogen-bond acceptors (Lipinski definition) is 6. The van der Waals surface area contributed by atoms with Gasteiger partial charge in [0.05, 0.1) is 12.0 Å². The minimum Gasteiger partial charge on any atom is -0.534 e. The molecule has 1 aromatic rings. The van der Waals surface area contributed by atoms with Gasteiger partial charge in [0.15, 0.2) is 6.29 Å². The van der Waals surface area contributed by atoms with Crippen LogP contribution in [-0.2, 0) is 11.2 Å². The van der Waals surface area contributed by atoms with Crippen molar-refractivity contribution in [2.75, 3.05) is 0 Å². The summed E-state index contributed by atoms with van der Waals surface area (Å²) in [5, 5.41) is 39.5. The van der Waals surface area contributed by atoms with Gasteiger partial charge in [-0.05, 0) is 12.0 Å². The number of benzene rings is 1. The van der Waals surface area contributed by atoms with Crippen LogP contribution in [0.4, 0.5) is 0 Å². The van der Waals surface area contributed by atoms with Gasteiger partial charge in [-0.1, -0.05) is 18.2 Å². The normalized spacial score (nSPS) is 16.9. The van der Waals surface area contributed by atoms with Gasteiger partial charge in [0.2, 0.25) is 5.91 Å². The van der Waals surface area contributed by atoms with Crippen LogP contribution in [0, 0.1) is 11.3 Å². The van der Waals surface area contributed by atoms with E-state index in [9.17, 15) is 20.0 Å². The van der Waals surface area contributed by atoms with Crippen LogP contribution in [0.25, 0.3) is 0 Å². The third kappa shape index (κ3) is 3.52. The number of aliphatic hydroxyl groups is 2. The standard InChI is InChI=1S/C13H15BN2O5/c15-6-2-5-11(17)16-10-7-8-3-1-4-9(13(18)19)12(8)21-14(10)20/h1,3-4,10,13,18-20H,2,5,7H2,(H,16,17)/t10-/m0/s1. The molecule has 7 nitrogen and oxygen atoms in total. The average Bonchev–Trinajstić information content (AvgIpc) is 2.45. The smallest absolute Gasteiger partial charge is 0.534 e. The van der Waals surface area contributed by atoms with Gasteiger partial charge in [-0.15, -0.1) is 0 Å². The maximum Gasteiger partial charge on any atom is 0.547 e. The van der Waals surface area contributed by atoms with Gasteiger partial charge >= 0.3 is 7.12 Å². The van der Waals surface area contributed by atoms with Crippen molar-refractivity contribution in [3.05, 3.63) is 29.3 Å². The summed E-state index contributed by atoms with van der Waals surface area (Å²) in [6.07, 6.45) is -1.24. The van der Waals surface area contributed by atoms with Gasteiger partial charge < -0.3 is 25.2 Å². The van der Waals surface area contributed by atoms with Crippen molar-refractivity contribution in [3.8, 4) is 11.8 Å². The third-order valence-corrected chi connectivity index (χ3v) is 3.24. The maximum atomic E-state index is 11.6. The highest BCUT2D eigenvalue weighted by atomic mass is 16.5. The molecule has 0 aliphatic carbocycles. The Hall–Kier alpha value is -2.08. The van der Waals surface area contributed by atoms with Crippen molar-refractivity contribution in [3.63, 3.8) is 0 Å². The van der Waals surface area contributed by atoms with E-state index in [2.05, 4.69) is 5.32 Å². The number of nitrogens with zero attached hydrogens (tertiary/aromatic N) is 1. The zero-order valence-electron chi connectivity index (χ0n) is 11.2. The van der Waals surface area contributed by atoms with Crippen molar-refractivity contribution in [1.29, 1.82) is 5.26 Å². The number of aliphatic hydroxyl groups excluding tert-OH is 1. The second-order valence-electron chi connectivity index (χ2n) is 4.75. The van der Waals surface area contributed by atoms with E-state index >= 15 is 0 Å². The van der Waals surface area contributed by atoms with E-state index in [-0.39, 0.29) is 30.1 Å². The van der Waals surface area contributed by atoms with Crippen LogP contribution >= 0.6 is 0 Å². The van der Waals surface area contributed by atoms with E-state index in [0.717, 1.165) is 0 Å². The summed E-state index contributed by atoms with van der Waals surface area (Å²) in [5.41, 5.74) is 0.831. The summed E-state index contributed by atoms with van der Waals surface area (Å²) in [7, 11) is -1.29. The fourth-order valence-electron chi connectivity index (χ4n) is 2.22. The van der Waals surface area contributed by atoms with Crippen molar-refractivity contribution < 1.29 is 24.7 Å². The lowest BCUT2D eigenvalue weighted by Crippen LogP contribution is -2.53. The average molecular weight is 290 g/mol. The lowest BCUT2D eigenvalue weighted by atomic mass is 9.72. The molecule has 1 aliphatic rings. The van der Waals surface area contributed by atoms with Gasteiger partial charge in [-0.2, -0.15) is 5.26 Å². The Morgan fingerprint density at radius 2 is 2.33 bits per heavy atom. The molecule has 0 spiro atoms. The number of hydrogen-bond donors (Lipinski definition) is 4. The first-order valence-electron chi connectivity index (χ1n) is 6.52. The van der Waals surface area contributed by atoms with Crippen molar-refractivity contribution in [2.45, 2.75) is 31.5 Å². The molecule has 2 rings (SSSR count). The number of para-hydroxylation sites is 1. The van der Waals surface area contributed by atoms with E-state index in [4.69, 9.17) is 9.92 Å². The molecule has 1 aliphatic heterocycles. The van der Waals surface area contributed by atoms with Gasteiger partial charge in [0.1, 0.15) is 5.75 Å². The van der Waals surface area contributed by atoms with E-state index in [1.807, 2.05) is 6.07 Å². The summed E-state index contributed by atoms with van der Waals surface area (Å²) in [6.45, 7) is 0. The lowest BCUT2D eigenvalue weighted by molar-refractivity contribution is -0.121. The van der Waals surface area contributed by atoms with Crippen LogP contribution in [0.3, 0.4) is 0 Å². The topological polar surface area (TPSA) is 123 Å². The van der Waals surface area contributed by atoms with Crippen molar-refractivity contribution >= 4 is 13.0 Å². The molecule has 0 bridgehead atoms.